The van der Waals surface area contributed by atoms with E-state index in [1.165, 1.54) is 33.9 Å². The molecule has 2 aliphatic heterocycles. The van der Waals surface area contributed by atoms with E-state index in [9.17, 15) is 4.79 Å². The minimum atomic E-state index is -0.105. The maximum atomic E-state index is 12.4. The molecule has 0 aliphatic carbocycles. The van der Waals surface area contributed by atoms with Gasteiger partial charge in [0.15, 0.2) is 5.71 Å². The van der Waals surface area contributed by atoms with Crippen LogP contribution in [0.2, 0.25) is 0 Å². The minimum Gasteiger partial charge on any atom is -1.00 e. The first kappa shape index (κ1) is 41.0. The number of nitrogens with zero attached hydrogens (tertiary/aromatic N) is 2. The molecule has 2 aromatic carbocycles. The van der Waals surface area contributed by atoms with Crippen molar-refractivity contribution in [3.8, 4) is 12.3 Å². The zero-order chi connectivity index (χ0) is 35.1. The molecule has 0 saturated carbocycles. The number of terminal acetylenes is 1. The van der Waals surface area contributed by atoms with E-state index < -0.39 is 0 Å². The average Bonchev–Trinajstić information content (AvgIpc) is 3.42. The molecule has 272 valence electrons. The van der Waals surface area contributed by atoms with Crippen LogP contribution < -0.4 is 22.6 Å². The molecule has 0 saturated heterocycles. The van der Waals surface area contributed by atoms with Crippen LogP contribution in [0.3, 0.4) is 0 Å². The van der Waals surface area contributed by atoms with Gasteiger partial charge in [-0.1, -0.05) is 68.7 Å². The van der Waals surface area contributed by atoms with Gasteiger partial charge in [0, 0.05) is 54.0 Å². The predicted octanol–water partition coefficient (Wildman–Crippen LogP) is 3.31. The molecule has 2 aromatic rings. The van der Waals surface area contributed by atoms with Crippen LogP contribution in [0, 0.1) is 12.3 Å². The smallest absolute Gasteiger partial charge is 0.220 e. The van der Waals surface area contributed by atoms with E-state index in [1.54, 1.807) is 0 Å². The molecule has 0 bridgehead atoms. The van der Waals surface area contributed by atoms with Crippen molar-refractivity contribution in [1.29, 1.82) is 0 Å². The summed E-state index contributed by atoms with van der Waals surface area (Å²) >= 11 is 0. The number of para-hydroxylation sites is 2. The molecule has 0 atom stereocenters. The standard InChI is InChI=1S/C41H55N3O5.ClH/c1-7-25-46-27-29-48-31-32-49-30-28-47-26-23-42-39(45)22-9-8-14-24-44-36-19-13-11-17-34(36)41(4,5)38(44)21-15-20-37-40(2,3)33-16-10-12-18-35(33)43(37)6;/h1,10-13,15-21H,8-9,14,22-32H2,2-6H3;1H. The van der Waals surface area contributed by atoms with Gasteiger partial charge in [-0.15, -0.1) is 6.42 Å². The molecule has 50 heavy (non-hydrogen) atoms. The third-order valence-corrected chi connectivity index (χ3v) is 9.40. The summed E-state index contributed by atoms with van der Waals surface area (Å²) in [6.45, 7) is 14.4. The van der Waals surface area contributed by atoms with Gasteiger partial charge in [-0.25, -0.2) is 0 Å². The second-order valence-electron chi connectivity index (χ2n) is 13.5. The fourth-order valence-corrected chi connectivity index (χ4v) is 6.79. The molecule has 0 fully saturated rings. The molecule has 1 N–H and O–H groups in total. The van der Waals surface area contributed by atoms with Gasteiger partial charge in [0.2, 0.25) is 11.6 Å². The summed E-state index contributed by atoms with van der Waals surface area (Å²) in [6, 6.07) is 17.4. The van der Waals surface area contributed by atoms with Crippen molar-refractivity contribution in [3.05, 3.63) is 83.6 Å². The zero-order valence-corrected chi connectivity index (χ0v) is 31.4. The van der Waals surface area contributed by atoms with Gasteiger partial charge >= 0.3 is 0 Å². The third kappa shape index (κ3) is 10.8. The van der Waals surface area contributed by atoms with E-state index in [0.717, 1.165) is 25.8 Å². The van der Waals surface area contributed by atoms with Crippen molar-refractivity contribution in [1.82, 2.24) is 5.32 Å². The van der Waals surface area contributed by atoms with Gasteiger partial charge in [-0.05, 0) is 44.4 Å². The molecule has 0 radical (unpaired) electrons. The number of nitrogens with one attached hydrogen (secondary N) is 1. The van der Waals surface area contributed by atoms with Crippen LogP contribution in [0.25, 0.3) is 0 Å². The molecule has 9 heteroatoms. The molecule has 2 aliphatic rings. The number of carbonyl (C=O) groups is 1. The average molecular weight is 706 g/mol. The number of hydrogen-bond donors (Lipinski definition) is 1. The Morgan fingerprint density at radius 3 is 2.14 bits per heavy atom. The number of halogens is 1. The van der Waals surface area contributed by atoms with Crippen LogP contribution in [-0.2, 0) is 34.6 Å². The van der Waals surface area contributed by atoms with Crippen molar-refractivity contribution in [2.75, 3.05) is 77.9 Å². The fraction of sp³-hybridized carbons (Fsp3) is 0.512. The van der Waals surface area contributed by atoms with Crippen LogP contribution in [0.5, 0.6) is 0 Å². The summed E-state index contributed by atoms with van der Waals surface area (Å²) in [4.78, 5) is 14.9. The number of rotatable bonds is 21. The first-order valence-corrected chi connectivity index (χ1v) is 17.7. The minimum absolute atomic E-state index is 0. The van der Waals surface area contributed by atoms with E-state index in [2.05, 4.69) is 122 Å². The van der Waals surface area contributed by atoms with Crippen molar-refractivity contribution >= 4 is 23.0 Å². The Morgan fingerprint density at radius 1 is 0.840 bits per heavy atom. The van der Waals surface area contributed by atoms with Crippen LogP contribution in [0.1, 0.15) is 64.5 Å². The number of hydrogen-bond acceptors (Lipinski definition) is 6. The van der Waals surface area contributed by atoms with Crippen LogP contribution in [0.4, 0.5) is 11.4 Å². The summed E-state index contributed by atoms with van der Waals surface area (Å²) in [5, 5.41) is 2.96. The van der Waals surface area contributed by atoms with E-state index >= 15 is 0 Å². The van der Waals surface area contributed by atoms with Gasteiger partial charge in [-0.2, -0.15) is 4.58 Å². The number of allylic oxidation sites excluding steroid dienone is 4. The molecular weight excluding hydrogens is 650 g/mol. The number of carbonyl (C=O) groups excluding carboxylic acids is 1. The zero-order valence-electron chi connectivity index (χ0n) is 30.6. The summed E-state index contributed by atoms with van der Waals surface area (Å²) in [5.74, 6) is 2.48. The molecule has 0 aromatic heterocycles. The van der Waals surface area contributed by atoms with Crippen LogP contribution in [-0.4, -0.2) is 89.2 Å². The molecule has 4 rings (SSSR count). The maximum absolute atomic E-state index is 12.4. The Morgan fingerprint density at radius 2 is 1.46 bits per heavy atom. The van der Waals surface area contributed by atoms with Gasteiger partial charge in [0.1, 0.15) is 13.7 Å². The molecule has 0 unspecified atom stereocenters. The van der Waals surface area contributed by atoms with Gasteiger partial charge in [0.25, 0.3) is 0 Å². The summed E-state index contributed by atoms with van der Waals surface area (Å²) in [5.41, 5.74) is 7.71. The van der Waals surface area contributed by atoms with E-state index in [4.69, 9.17) is 25.4 Å². The predicted molar refractivity (Wildman–Crippen MR) is 198 cm³/mol. The second kappa shape index (κ2) is 20.4. The Hall–Kier alpha value is -3.45. The van der Waals surface area contributed by atoms with Crippen molar-refractivity contribution in [2.45, 2.75) is 64.2 Å². The summed E-state index contributed by atoms with van der Waals surface area (Å²) in [6.07, 6.45) is 15.3. The summed E-state index contributed by atoms with van der Waals surface area (Å²) < 4.78 is 23.9. The lowest BCUT2D eigenvalue weighted by molar-refractivity contribution is -0.401. The lowest BCUT2D eigenvalue weighted by Gasteiger charge is -2.27. The number of anilines is 1. The highest BCUT2D eigenvalue weighted by molar-refractivity contribution is 6.03. The number of fused-ring (bicyclic) bond motifs is 2. The van der Waals surface area contributed by atoms with Crippen molar-refractivity contribution in [3.63, 3.8) is 0 Å². The Kier molecular flexibility index (Phi) is 16.7. The topological polar surface area (TPSA) is 72.3 Å². The highest BCUT2D eigenvalue weighted by atomic mass is 35.5. The van der Waals surface area contributed by atoms with Gasteiger partial charge < -0.3 is 41.6 Å². The monoisotopic (exact) mass is 705 g/mol. The first-order chi connectivity index (χ1) is 23.7. The quantitative estimate of drug-likeness (QED) is 0.122. The second-order valence-corrected chi connectivity index (χ2v) is 13.5. The number of ether oxygens (including phenoxy) is 4. The fourth-order valence-electron chi connectivity index (χ4n) is 6.79. The highest BCUT2D eigenvalue weighted by Crippen LogP contribution is 2.47. The highest BCUT2D eigenvalue weighted by Gasteiger charge is 2.43. The molecular formula is C41H56ClN3O5. The Balaban J connectivity index is 0.00000676. The normalized spacial score (nSPS) is 16.4. The Bertz CT molecular complexity index is 1520. The SMILES string of the molecule is C#CCOCCOCCOCCOCCNC(=O)CCCCCN1/C(=C\C=C\C2=[N+](C)c3ccccc3C2(C)C)C(C)(C)c2ccccc21.[Cl-]. The first-order valence-electron chi connectivity index (χ1n) is 17.7. The maximum Gasteiger partial charge on any atom is 0.220 e. The third-order valence-electron chi connectivity index (χ3n) is 9.40. The Labute approximate surface area is 306 Å². The number of amides is 1. The van der Waals surface area contributed by atoms with Gasteiger partial charge in [0.05, 0.1) is 51.7 Å². The number of benzene rings is 2. The van der Waals surface area contributed by atoms with E-state index in [-0.39, 0.29) is 29.1 Å². The molecule has 1 amide bonds. The van der Waals surface area contributed by atoms with E-state index in [1.807, 2.05) is 0 Å². The molecule has 8 nitrogen and oxygen atoms in total. The summed E-state index contributed by atoms with van der Waals surface area (Å²) in [7, 11) is 2.16. The molecule has 0 spiro atoms. The largest absolute Gasteiger partial charge is 1.00 e. The lowest BCUT2D eigenvalue weighted by Crippen LogP contribution is -3.00. The number of unbranched alkanes of at least 4 members (excludes halogenated alkanes) is 2. The lowest BCUT2D eigenvalue weighted by atomic mass is 9.81. The van der Waals surface area contributed by atoms with Gasteiger partial charge in [-0.3, -0.25) is 4.79 Å². The van der Waals surface area contributed by atoms with E-state index in [0.29, 0.717) is 65.8 Å². The van der Waals surface area contributed by atoms with Crippen molar-refractivity contribution < 1.29 is 40.7 Å². The van der Waals surface area contributed by atoms with Crippen molar-refractivity contribution in [2.24, 2.45) is 0 Å². The van der Waals surface area contributed by atoms with Crippen LogP contribution >= 0.6 is 0 Å². The molecule has 2 heterocycles. The van der Waals surface area contributed by atoms with Crippen LogP contribution in [0.15, 0.2) is 72.5 Å².